The van der Waals surface area contributed by atoms with E-state index in [9.17, 15) is 105 Å². The Morgan fingerprint density at radius 3 is 0.675 bits per heavy atom. The van der Waals surface area contributed by atoms with Gasteiger partial charge in [-0.25, -0.2) is 13.2 Å². The summed E-state index contributed by atoms with van der Waals surface area (Å²) < 4.78 is 361. The van der Waals surface area contributed by atoms with Gasteiger partial charge in [-0.05, 0) is 0 Å². The van der Waals surface area contributed by atoms with E-state index >= 15 is 8.78 Å². The van der Waals surface area contributed by atoms with Gasteiger partial charge in [-0.15, -0.1) is 0 Å². The van der Waals surface area contributed by atoms with Crippen molar-refractivity contribution in [3.63, 3.8) is 0 Å². The Hall–Kier alpha value is -1.82. The monoisotopic (exact) mass is 662 g/mol. The van der Waals surface area contributed by atoms with Gasteiger partial charge in [0.25, 0.3) is 22.4 Å². The smallest absolute Gasteiger partial charge is 0.231 e. The van der Waals surface area contributed by atoms with Crippen molar-refractivity contribution in [1.82, 2.24) is 0 Å². The van der Waals surface area contributed by atoms with Gasteiger partial charge in [0.05, 0.1) is 0 Å². The Balaban J connectivity index is 3.70. The first-order valence-electron chi connectivity index (χ1n) is 8.66. The van der Waals surface area contributed by atoms with E-state index in [1.54, 1.807) is 0 Å². The van der Waals surface area contributed by atoms with Crippen molar-refractivity contribution < 1.29 is 114 Å². The molecule has 0 bridgehead atoms. The van der Waals surface area contributed by atoms with Crippen LogP contribution in [0.3, 0.4) is 0 Å². The molecule has 0 aromatic heterocycles. The summed E-state index contributed by atoms with van der Waals surface area (Å²) in [5, 5.41) is 0. The van der Waals surface area contributed by atoms with Gasteiger partial charge in [-0.2, -0.15) is 101 Å². The van der Waals surface area contributed by atoms with Crippen LogP contribution in [0.2, 0.25) is 0 Å². The fraction of sp³-hybridized carbons (Fsp3) is 1.00. The zero-order valence-electron chi connectivity index (χ0n) is 16.8. The quantitative estimate of drug-likeness (QED) is 0.248. The molecule has 40 heavy (non-hydrogen) atoms. The van der Waals surface area contributed by atoms with Gasteiger partial charge in [0.1, 0.15) is 0 Å². The normalized spacial score (nSPS) is 38.0. The minimum atomic E-state index is -10.6. The molecule has 2 saturated carbocycles. The highest BCUT2D eigenvalue weighted by molar-refractivity contribution is 5.47. The first-order chi connectivity index (χ1) is 16.8. The molecule has 0 amide bonds. The molecule has 0 nitrogen and oxygen atoms in total. The second kappa shape index (κ2) is 7.21. The van der Waals surface area contributed by atoms with E-state index < -0.39 is 82.4 Å². The van der Waals surface area contributed by atoms with Crippen LogP contribution in [-0.4, -0.2) is 77.0 Å². The predicted octanol–water partition coefficient (Wildman–Crippen LogP) is 8.26. The summed E-state index contributed by atoms with van der Waals surface area (Å²) in [6.07, 6.45) is -28.7. The maximum Gasteiger partial charge on any atom is 0.415 e. The molecule has 0 aromatic carbocycles. The molecule has 0 spiro atoms. The third-order valence-corrected chi connectivity index (χ3v) is 6.44. The zero-order chi connectivity index (χ0) is 33.0. The lowest BCUT2D eigenvalue weighted by Gasteiger charge is -2.68. The summed E-state index contributed by atoms with van der Waals surface area (Å²) in [6.45, 7) is 0. The highest BCUT2D eigenvalue weighted by atomic mass is 19.4. The molecule has 0 N–H and O–H groups in total. The molecule has 0 heterocycles. The molecular weight excluding hydrogens is 662 g/mol. The van der Waals surface area contributed by atoms with Gasteiger partial charge in [0.15, 0.2) is 0 Å². The predicted molar refractivity (Wildman–Crippen MR) is 66.7 cm³/mol. The second-order valence-corrected chi connectivity index (χ2v) is 8.24. The molecule has 3 unspecified atom stereocenters. The Bertz CT molecular complexity index is 1010. The molecule has 0 aromatic rings. The van der Waals surface area contributed by atoms with Gasteiger partial charge in [0, 0.05) is 0 Å². The number of alkyl halides is 26. The van der Waals surface area contributed by atoms with E-state index in [0.29, 0.717) is 0 Å². The highest BCUT2D eigenvalue weighted by Crippen LogP contribution is 2.86. The van der Waals surface area contributed by atoms with Crippen molar-refractivity contribution >= 4 is 0 Å². The van der Waals surface area contributed by atoms with Crippen LogP contribution in [0.15, 0.2) is 0 Å². The summed E-state index contributed by atoms with van der Waals surface area (Å²) in [6, 6.07) is 0. The molecule has 2 aliphatic rings. The van der Waals surface area contributed by atoms with E-state index in [1.165, 1.54) is 0 Å². The molecule has 3 atom stereocenters. The van der Waals surface area contributed by atoms with Gasteiger partial charge in [-0.3, -0.25) is 0 Å². The van der Waals surface area contributed by atoms with Crippen molar-refractivity contribution in [1.29, 1.82) is 0 Å². The van der Waals surface area contributed by atoms with Crippen LogP contribution in [0.25, 0.3) is 0 Å². The van der Waals surface area contributed by atoms with Crippen LogP contribution < -0.4 is 0 Å². The van der Waals surface area contributed by atoms with Crippen molar-refractivity contribution in [3.05, 3.63) is 0 Å². The highest BCUT2D eigenvalue weighted by Gasteiger charge is 3.19. The van der Waals surface area contributed by atoms with Crippen molar-refractivity contribution in [2.75, 3.05) is 0 Å². The van der Waals surface area contributed by atoms with E-state index in [-0.39, 0.29) is 0 Å². The minimum absolute atomic E-state index is 8.99. The average Bonchev–Trinajstić information content (AvgIpc) is 2.66. The summed E-state index contributed by atoms with van der Waals surface area (Å²) in [7, 11) is 0. The maximum absolute atomic E-state index is 15.5. The van der Waals surface area contributed by atoms with Gasteiger partial charge in [0.2, 0.25) is 0 Å². The lowest BCUT2D eigenvalue weighted by molar-refractivity contribution is -0.585. The molecule has 26 heteroatoms. The van der Waals surface area contributed by atoms with E-state index in [2.05, 4.69) is 0 Å². The summed E-state index contributed by atoms with van der Waals surface area (Å²) in [5.74, 6) is -66.2. The van der Waals surface area contributed by atoms with Crippen molar-refractivity contribution in [2.45, 2.75) is 77.0 Å². The minimum Gasteiger partial charge on any atom is -0.231 e. The van der Waals surface area contributed by atoms with Crippen LogP contribution in [0.5, 0.6) is 0 Å². The number of fused-ring (bicyclic) bond motifs is 1. The molecule has 2 aliphatic carbocycles. The number of halogens is 26. The fourth-order valence-corrected chi connectivity index (χ4v) is 4.53. The van der Waals surface area contributed by atoms with Crippen molar-refractivity contribution in [2.24, 2.45) is 5.41 Å². The van der Waals surface area contributed by atoms with Gasteiger partial charge in [-0.1, -0.05) is 0 Å². The second-order valence-electron chi connectivity index (χ2n) is 8.24. The van der Waals surface area contributed by atoms with Crippen LogP contribution in [0.4, 0.5) is 114 Å². The van der Waals surface area contributed by atoms with Crippen LogP contribution >= 0.6 is 0 Å². The summed E-state index contributed by atoms with van der Waals surface area (Å²) in [5.41, 5.74) is -41.1. The number of rotatable bonds is 1. The van der Waals surface area contributed by atoms with E-state index in [1.807, 2.05) is 0 Å². The molecule has 238 valence electrons. The Morgan fingerprint density at radius 2 is 0.450 bits per heavy atom. The first-order valence-corrected chi connectivity index (χ1v) is 8.66. The molecule has 0 aliphatic heterocycles. The Morgan fingerprint density at radius 1 is 0.250 bits per heavy atom. The standard InChI is InChI=1S/C14F26/c15-2(1(12(32,33)34,13(35,36)37)14(38,39)40)3(16)4(17,7(22,23)9(26,27)5(2,18)19)8(24,25)11(30,31)10(28,29)6(3,20)21. The first kappa shape index (κ1) is 34.4. The van der Waals surface area contributed by atoms with Gasteiger partial charge < -0.3 is 0 Å². The van der Waals surface area contributed by atoms with E-state index in [4.69, 9.17) is 0 Å². The molecule has 2 rings (SSSR count). The summed E-state index contributed by atoms with van der Waals surface area (Å²) >= 11 is 0. The number of hydrogen-bond acceptors (Lipinski definition) is 0. The zero-order valence-corrected chi connectivity index (χ0v) is 16.8. The van der Waals surface area contributed by atoms with Crippen LogP contribution in [0, 0.1) is 5.41 Å². The van der Waals surface area contributed by atoms with Crippen LogP contribution in [0.1, 0.15) is 0 Å². The maximum atomic E-state index is 15.5. The van der Waals surface area contributed by atoms with E-state index in [0.717, 1.165) is 0 Å². The third-order valence-electron chi connectivity index (χ3n) is 6.44. The topological polar surface area (TPSA) is 0 Å². The Kier molecular flexibility index (Phi) is 6.19. The van der Waals surface area contributed by atoms with Crippen LogP contribution in [-0.2, 0) is 0 Å². The van der Waals surface area contributed by atoms with Gasteiger partial charge >= 0.3 is 60.0 Å². The fourth-order valence-electron chi connectivity index (χ4n) is 4.53. The Labute approximate surface area is 198 Å². The lowest BCUT2D eigenvalue weighted by atomic mass is 9.44. The molecule has 0 radical (unpaired) electrons. The molecule has 2 fully saturated rings. The number of hydrogen-bond donors (Lipinski definition) is 0. The molecule has 0 saturated heterocycles. The summed E-state index contributed by atoms with van der Waals surface area (Å²) in [4.78, 5) is 0. The molecular formula is C14F26. The largest absolute Gasteiger partial charge is 0.415 e. The lowest BCUT2D eigenvalue weighted by Crippen LogP contribution is -3.02. The average molecular weight is 662 g/mol. The SMILES string of the molecule is FC(F)(F)C(C(F)(F)F)(C(F)(F)F)C1(F)C(F)(F)C(F)(F)C(F)(F)C2(F)C(F)(F)C(F)(F)C(F)(F)C(F)(F)C21F. The van der Waals surface area contributed by atoms with Crippen molar-refractivity contribution in [3.8, 4) is 0 Å². The third kappa shape index (κ3) is 2.52.